The fraction of sp³-hybridized carbons (Fsp3) is 0.533. The molecule has 0 amide bonds. The summed E-state index contributed by atoms with van der Waals surface area (Å²) in [4.78, 5) is 8.52. The van der Waals surface area contributed by atoms with Crippen molar-refractivity contribution in [1.29, 1.82) is 0 Å². The van der Waals surface area contributed by atoms with E-state index >= 15 is 0 Å². The van der Waals surface area contributed by atoms with E-state index in [0.717, 1.165) is 45.0 Å². The average Bonchev–Trinajstić information content (AvgIpc) is 3.00. The van der Waals surface area contributed by atoms with Crippen LogP contribution in [-0.4, -0.2) is 28.2 Å². The highest BCUT2D eigenvalue weighted by atomic mass is 19.1. The summed E-state index contributed by atoms with van der Waals surface area (Å²) in [6, 6.07) is 2.91. The van der Waals surface area contributed by atoms with Gasteiger partial charge in [0, 0.05) is 6.54 Å². The molecule has 0 aromatic carbocycles. The Labute approximate surface area is 123 Å². The zero-order chi connectivity index (χ0) is 14.7. The Hall–Kier alpha value is -1.82. The van der Waals surface area contributed by atoms with E-state index in [1.165, 1.54) is 6.07 Å². The molecule has 21 heavy (non-hydrogen) atoms. The lowest BCUT2D eigenvalue weighted by Crippen LogP contribution is -2.43. The van der Waals surface area contributed by atoms with Crippen LogP contribution < -0.4 is 5.32 Å². The molecule has 6 heteroatoms. The predicted molar refractivity (Wildman–Crippen MR) is 76.2 cm³/mol. The molecule has 0 aliphatic carbocycles. The number of nitrogens with one attached hydrogen (secondary N) is 1. The minimum atomic E-state index is -0.374. The van der Waals surface area contributed by atoms with Gasteiger partial charge >= 0.3 is 0 Å². The Morgan fingerprint density at radius 3 is 3.00 bits per heavy atom. The van der Waals surface area contributed by atoms with Crippen LogP contribution in [0, 0.1) is 5.82 Å². The lowest BCUT2D eigenvalue weighted by molar-refractivity contribution is 0.213. The number of nitrogens with zero attached hydrogens (tertiary/aromatic N) is 3. The molecule has 3 heterocycles. The van der Waals surface area contributed by atoms with E-state index in [1.54, 1.807) is 6.07 Å². The quantitative estimate of drug-likeness (QED) is 0.938. The largest absolute Gasteiger partial charge is 0.338 e. The first kappa shape index (κ1) is 14.1. The van der Waals surface area contributed by atoms with Gasteiger partial charge < -0.3 is 9.84 Å². The SMILES string of the molecule is CCCC1(c2nc(-c3ccc(F)cn3)no2)CCCNC1. The third-order valence-corrected chi connectivity index (χ3v) is 4.04. The highest BCUT2D eigenvalue weighted by Gasteiger charge is 2.38. The van der Waals surface area contributed by atoms with Crippen molar-refractivity contribution < 1.29 is 8.91 Å². The lowest BCUT2D eigenvalue weighted by atomic mass is 9.77. The van der Waals surface area contributed by atoms with Crippen LogP contribution in [0.5, 0.6) is 0 Å². The standard InChI is InChI=1S/C15H19FN4O/c1-2-6-15(7-3-8-17-10-15)14-19-13(20-21-14)12-5-4-11(16)9-18-12/h4-5,9,17H,2-3,6-8,10H2,1H3. The van der Waals surface area contributed by atoms with Gasteiger partial charge in [0.2, 0.25) is 11.7 Å². The summed E-state index contributed by atoms with van der Waals surface area (Å²) in [6.45, 7) is 4.06. The number of rotatable bonds is 4. The number of piperidine rings is 1. The second-order valence-corrected chi connectivity index (χ2v) is 5.60. The van der Waals surface area contributed by atoms with Crippen molar-refractivity contribution in [1.82, 2.24) is 20.4 Å². The summed E-state index contributed by atoms with van der Waals surface area (Å²) in [5.41, 5.74) is 0.444. The summed E-state index contributed by atoms with van der Waals surface area (Å²) in [5.74, 6) is 0.713. The van der Waals surface area contributed by atoms with Gasteiger partial charge in [-0.05, 0) is 37.9 Å². The highest BCUT2D eigenvalue weighted by Crippen LogP contribution is 2.35. The van der Waals surface area contributed by atoms with Crippen LogP contribution in [0.25, 0.3) is 11.5 Å². The zero-order valence-corrected chi connectivity index (χ0v) is 12.1. The second-order valence-electron chi connectivity index (χ2n) is 5.60. The average molecular weight is 290 g/mol. The minimum Gasteiger partial charge on any atom is -0.338 e. The first-order valence-electron chi connectivity index (χ1n) is 7.40. The molecule has 1 unspecified atom stereocenters. The topological polar surface area (TPSA) is 63.8 Å². The van der Waals surface area contributed by atoms with Crippen LogP contribution in [0.3, 0.4) is 0 Å². The van der Waals surface area contributed by atoms with Crippen molar-refractivity contribution in [2.75, 3.05) is 13.1 Å². The van der Waals surface area contributed by atoms with Crippen molar-refractivity contribution in [3.8, 4) is 11.5 Å². The molecule has 1 N–H and O–H groups in total. The monoisotopic (exact) mass is 290 g/mol. The van der Waals surface area contributed by atoms with Crippen LogP contribution >= 0.6 is 0 Å². The van der Waals surface area contributed by atoms with Crippen LogP contribution in [0.2, 0.25) is 0 Å². The lowest BCUT2D eigenvalue weighted by Gasteiger charge is -2.34. The fourth-order valence-corrected chi connectivity index (χ4v) is 3.00. The Balaban J connectivity index is 1.90. The van der Waals surface area contributed by atoms with Gasteiger partial charge in [-0.2, -0.15) is 4.98 Å². The van der Waals surface area contributed by atoms with Crippen molar-refractivity contribution in [2.24, 2.45) is 0 Å². The van der Waals surface area contributed by atoms with E-state index < -0.39 is 0 Å². The molecule has 1 fully saturated rings. The molecule has 112 valence electrons. The van der Waals surface area contributed by atoms with Gasteiger partial charge in [-0.1, -0.05) is 18.5 Å². The number of pyridine rings is 1. The maximum atomic E-state index is 12.9. The number of halogens is 1. The normalized spacial score (nSPS) is 22.4. The maximum absolute atomic E-state index is 12.9. The summed E-state index contributed by atoms with van der Waals surface area (Å²) in [6.07, 6.45) is 5.39. The summed E-state index contributed by atoms with van der Waals surface area (Å²) in [5, 5.41) is 7.44. The molecule has 5 nitrogen and oxygen atoms in total. The molecule has 0 radical (unpaired) electrons. The third kappa shape index (κ3) is 2.81. The highest BCUT2D eigenvalue weighted by molar-refractivity contribution is 5.47. The number of aromatic nitrogens is 3. The summed E-state index contributed by atoms with van der Waals surface area (Å²) in [7, 11) is 0. The molecule has 0 spiro atoms. The molecule has 0 saturated carbocycles. The van der Waals surface area contributed by atoms with Gasteiger partial charge in [0.15, 0.2) is 0 Å². The molecule has 1 atom stereocenters. The smallest absolute Gasteiger partial charge is 0.234 e. The zero-order valence-electron chi connectivity index (χ0n) is 12.1. The summed E-state index contributed by atoms with van der Waals surface area (Å²) < 4.78 is 18.4. The van der Waals surface area contributed by atoms with E-state index in [4.69, 9.17) is 4.52 Å². The van der Waals surface area contributed by atoms with Crippen LogP contribution in [-0.2, 0) is 5.41 Å². The Morgan fingerprint density at radius 2 is 2.33 bits per heavy atom. The van der Waals surface area contributed by atoms with Crippen LogP contribution in [0.15, 0.2) is 22.9 Å². The molecular formula is C15H19FN4O. The number of hydrogen-bond acceptors (Lipinski definition) is 5. The molecule has 1 aliphatic heterocycles. The fourth-order valence-electron chi connectivity index (χ4n) is 3.00. The molecule has 0 bridgehead atoms. The van der Waals surface area contributed by atoms with Crippen molar-refractivity contribution in [2.45, 2.75) is 38.0 Å². The van der Waals surface area contributed by atoms with Crippen LogP contribution in [0.1, 0.15) is 38.5 Å². The van der Waals surface area contributed by atoms with E-state index in [0.29, 0.717) is 17.4 Å². The van der Waals surface area contributed by atoms with E-state index in [9.17, 15) is 4.39 Å². The molecule has 1 aliphatic rings. The Morgan fingerprint density at radius 1 is 1.43 bits per heavy atom. The molecule has 2 aromatic rings. The number of hydrogen-bond donors (Lipinski definition) is 1. The first-order valence-corrected chi connectivity index (χ1v) is 7.40. The first-order chi connectivity index (χ1) is 10.2. The minimum absolute atomic E-state index is 0.0850. The van der Waals surface area contributed by atoms with E-state index in [2.05, 4.69) is 27.4 Å². The van der Waals surface area contributed by atoms with Gasteiger partial charge in [-0.3, -0.25) is 0 Å². The molecule has 2 aromatic heterocycles. The maximum Gasteiger partial charge on any atom is 0.234 e. The Bertz CT molecular complexity index is 584. The van der Waals surface area contributed by atoms with Gasteiger partial charge in [0.05, 0.1) is 11.6 Å². The van der Waals surface area contributed by atoms with E-state index in [1.807, 2.05) is 0 Å². The van der Waals surface area contributed by atoms with Gasteiger partial charge in [0.1, 0.15) is 11.5 Å². The Kier molecular flexibility index (Phi) is 3.96. The predicted octanol–water partition coefficient (Wildman–Crippen LogP) is 2.69. The van der Waals surface area contributed by atoms with E-state index in [-0.39, 0.29) is 11.2 Å². The van der Waals surface area contributed by atoms with Crippen molar-refractivity contribution in [3.63, 3.8) is 0 Å². The molecule has 3 rings (SSSR count). The summed E-state index contributed by atoms with van der Waals surface area (Å²) >= 11 is 0. The van der Waals surface area contributed by atoms with Crippen molar-refractivity contribution in [3.05, 3.63) is 30.0 Å². The van der Waals surface area contributed by atoms with Crippen molar-refractivity contribution >= 4 is 0 Å². The molecule has 1 saturated heterocycles. The third-order valence-electron chi connectivity index (χ3n) is 4.04. The van der Waals surface area contributed by atoms with Crippen LogP contribution in [0.4, 0.5) is 4.39 Å². The van der Waals surface area contributed by atoms with Gasteiger partial charge in [-0.15, -0.1) is 0 Å². The molecular weight excluding hydrogens is 271 g/mol. The second kappa shape index (κ2) is 5.89. The van der Waals surface area contributed by atoms with Gasteiger partial charge in [0.25, 0.3) is 0 Å². The van der Waals surface area contributed by atoms with Gasteiger partial charge in [-0.25, -0.2) is 9.37 Å².